The Morgan fingerprint density at radius 3 is 2.36 bits per heavy atom. The van der Waals surface area contributed by atoms with Crippen molar-refractivity contribution in [2.24, 2.45) is 0 Å². The number of aromatic nitrogens is 2. The molecule has 1 aromatic heterocycles. The molecular formula is C8H3Cl2IN2S. The fourth-order valence-electron chi connectivity index (χ4n) is 1.01. The van der Waals surface area contributed by atoms with Crippen LogP contribution in [0.1, 0.15) is 0 Å². The van der Waals surface area contributed by atoms with Crippen molar-refractivity contribution in [2.45, 2.75) is 0 Å². The standard InChI is InChI=1S/C8H3Cl2IN2S/c9-4-2-1-3-5(10)6(4)7-12-8(11)13-14-7/h1-3H. The van der Waals surface area contributed by atoms with Gasteiger partial charge in [-0.15, -0.1) is 0 Å². The van der Waals surface area contributed by atoms with Gasteiger partial charge in [0, 0.05) is 28.2 Å². The van der Waals surface area contributed by atoms with Crippen LogP contribution in [0.2, 0.25) is 10.0 Å². The van der Waals surface area contributed by atoms with E-state index in [1.807, 2.05) is 0 Å². The first kappa shape index (κ1) is 10.6. The summed E-state index contributed by atoms with van der Waals surface area (Å²) in [7, 11) is 0. The number of hydrogen-bond acceptors (Lipinski definition) is 3. The highest BCUT2D eigenvalue weighted by atomic mass is 127. The summed E-state index contributed by atoms with van der Waals surface area (Å²) in [5, 5.41) is 1.96. The van der Waals surface area contributed by atoms with Gasteiger partial charge >= 0.3 is 0 Å². The molecule has 0 aliphatic carbocycles. The molecule has 6 heteroatoms. The van der Waals surface area contributed by atoms with Gasteiger partial charge in [0.05, 0.1) is 10.0 Å². The lowest BCUT2D eigenvalue weighted by atomic mass is 10.2. The van der Waals surface area contributed by atoms with Gasteiger partial charge < -0.3 is 0 Å². The van der Waals surface area contributed by atoms with Crippen molar-refractivity contribution in [1.82, 2.24) is 9.36 Å². The van der Waals surface area contributed by atoms with Gasteiger partial charge in [-0.2, -0.15) is 4.37 Å². The van der Waals surface area contributed by atoms with Crippen molar-refractivity contribution in [3.8, 4) is 10.6 Å². The molecule has 2 aromatic rings. The summed E-state index contributed by atoms with van der Waals surface area (Å²) >= 11 is 15.4. The first-order chi connectivity index (χ1) is 6.68. The van der Waals surface area contributed by atoms with Crippen LogP contribution in [0.3, 0.4) is 0 Å². The fraction of sp³-hybridized carbons (Fsp3) is 0. The molecule has 0 aliphatic heterocycles. The Morgan fingerprint density at radius 2 is 1.86 bits per heavy atom. The zero-order valence-corrected chi connectivity index (χ0v) is 11.2. The van der Waals surface area contributed by atoms with Crippen LogP contribution in [0, 0.1) is 3.83 Å². The van der Waals surface area contributed by atoms with Crippen molar-refractivity contribution in [3.63, 3.8) is 0 Å². The lowest BCUT2D eigenvalue weighted by Crippen LogP contribution is -1.80. The van der Waals surface area contributed by atoms with Gasteiger partial charge in [0.2, 0.25) is 3.83 Å². The van der Waals surface area contributed by atoms with Gasteiger partial charge in [-0.1, -0.05) is 29.3 Å². The molecule has 0 unspecified atom stereocenters. The molecule has 0 atom stereocenters. The minimum atomic E-state index is 0.602. The molecule has 72 valence electrons. The van der Waals surface area contributed by atoms with Gasteiger partial charge in [0.25, 0.3) is 0 Å². The highest BCUT2D eigenvalue weighted by Crippen LogP contribution is 2.35. The predicted octanol–water partition coefficient (Wildman–Crippen LogP) is 4.12. The lowest BCUT2D eigenvalue weighted by Gasteiger charge is -2.01. The Balaban J connectivity index is 2.61. The van der Waals surface area contributed by atoms with Crippen LogP contribution in [0.25, 0.3) is 10.6 Å². The fourth-order valence-corrected chi connectivity index (χ4v) is 3.04. The van der Waals surface area contributed by atoms with Crippen molar-refractivity contribution < 1.29 is 0 Å². The van der Waals surface area contributed by atoms with E-state index in [0.717, 1.165) is 10.6 Å². The Bertz CT molecular complexity index is 452. The smallest absolute Gasteiger partial charge is 0.203 e. The molecule has 14 heavy (non-hydrogen) atoms. The van der Waals surface area contributed by atoms with E-state index in [9.17, 15) is 0 Å². The molecule has 1 aromatic carbocycles. The molecule has 0 saturated heterocycles. The molecular weight excluding hydrogens is 354 g/mol. The molecule has 0 spiro atoms. The maximum absolute atomic E-state index is 6.03. The van der Waals surface area contributed by atoms with E-state index in [2.05, 4.69) is 31.9 Å². The van der Waals surface area contributed by atoms with Crippen LogP contribution in [-0.2, 0) is 0 Å². The van der Waals surface area contributed by atoms with Crippen molar-refractivity contribution in [2.75, 3.05) is 0 Å². The second kappa shape index (κ2) is 4.30. The van der Waals surface area contributed by atoms with E-state index in [1.165, 1.54) is 11.5 Å². The monoisotopic (exact) mass is 356 g/mol. The van der Waals surface area contributed by atoms with Crippen LogP contribution in [0.15, 0.2) is 18.2 Å². The number of rotatable bonds is 1. The molecule has 2 rings (SSSR count). The number of nitrogens with zero attached hydrogens (tertiary/aromatic N) is 2. The van der Waals surface area contributed by atoms with E-state index in [4.69, 9.17) is 23.2 Å². The Hall–Kier alpha value is 0.0900. The predicted molar refractivity (Wildman–Crippen MR) is 68.1 cm³/mol. The number of halogens is 3. The SMILES string of the molecule is Clc1cccc(Cl)c1-c1nc(I)ns1. The van der Waals surface area contributed by atoms with E-state index < -0.39 is 0 Å². The van der Waals surface area contributed by atoms with Crippen LogP contribution >= 0.6 is 57.3 Å². The van der Waals surface area contributed by atoms with Crippen molar-refractivity contribution >= 4 is 57.3 Å². The van der Waals surface area contributed by atoms with Crippen molar-refractivity contribution in [3.05, 3.63) is 32.1 Å². The summed E-state index contributed by atoms with van der Waals surface area (Å²) in [4.78, 5) is 4.23. The summed E-state index contributed by atoms with van der Waals surface area (Å²) in [6.45, 7) is 0. The molecule has 0 fully saturated rings. The Kier molecular flexibility index (Phi) is 3.26. The average Bonchev–Trinajstić information content (AvgIpc) is 2.51. The van der Waals surface area contributed by atoms with Gasteiger partial charge in [0.1, 0.15) is 5.01 Å². The van der Waals surface area contributed by atoms with E-state index in [0.29, 0.717) is 13.9 Å². The largest absolute Gasteiger partial charge is 0.209 e. The topological polar surface area (TPSA) is 25.8 Å². The van der Waals surface area contributed by atoms with Crippen LogP contribution in [-0.4, -0.2) is 9.36 Å². The quantitative estimate of drug-likeness (QED) is 0.718. The average molecular weight is 357 g/mol. The second-order valence-electron chi connectivity index (χ2n) is 2.47. The summed E-state index contributed by atoms with van der Waals surface area (Å²) in [6.07, 6.45) is 0. The Labute approximate surface area is 109 Å². The zero-order chi connectivity index (χ0) is 10.1. The molecule has 0 aliphatic rings. The third-order valence-electron chi connectivity index (χ3n) is 1.58. The molecule has 0 radical (unpaired) electrons. The normalized spacial score (nSPS) is 10.5. The summed E-state index contributed by atoms with van der Waals surface area (Å²) in [5.74, 6) is 0. The highest BCUT2D eigenvalue weighted by molar-refractivity contribution is 14.1. The third kappa shape index (κ3) is 2.03. The number of hydrogen-bond donors (Lipinski definition) is 0. The minimum absolute atomic E-state index is 0.602. The Morgan fingerprint density at radius 1 is 1.21 bits per heavy atom. The first-order valence-corrected chi connectivity index (χ1v) is 6.23. The molecule has 0 bridgehead atoms. The highest BCUT2D eigenvalue weighted by Gasteiger charge is 2.12. The lowest BCUT2D eigenvalue weighted by molar-refractivity contribution is 1.25. The maximum atomic E-state index is 6.03. The summed E-state index contributed by atoms with van der Waals surface area (Å²) in [6, 6.07) is 5.38. The van der Waals surface area contributed by atoms with Gasteiger partial charge in [0.15, 0.2) is 0 Å². The third-order valence-corrected chi connectivity index (χ3v) is 3.75. The van der Waals surface area contributed by atoms with Crippen LogP contribution in [0.4, 0.5) is 0 Å². The van der Waals surface area contributed by atoms with Gasteiger partial charge in [-0.3, -0.25) is 0 Å². The summed E-state index contributed by atoms with van der Waals surface area (Å²) in [5.41, 5.74) is 0.760. The van der Waals surface area contributed by atoms with Gasteiger partial charge in [-0.05, 0) is 23.7 Å². The van der Waals surface area contributed by atoms with Gasteiger partial charge in [-0.25, -0.2) is 4.98 Å². The molecule has 1 heterocycles. The van der Waals surface area contributed by atoms with Crippen LogP contribution < -0.4 is 0 Å². The number of benzene rings is 1. The molecule has 2 nitrogen and oxygen atoms in total. The zero-order valence-electron chi connectivity index (χ0n) is 6.67. The van der Waals surface area contributed by atoms with E-state index in [1.54, 1.807) is 18.2 Å². The summed E-state index contributed by atoms with van der Waals surface area (Å²) < 4.78 is 4.78. The van der Waals surface area contributed by atoms with Crippen molar-refractivity contribution in [1.29, 1.82) is 0 Å². The molecule has 0 amide bonds. The minimum Gasteiger partial charge on any atom is -0.209 e. The molecule has 0 N–H and O–H groups in total. The maximum Gasteiger partial charge on any atom is 0.203 e. The van der Waals surface area contributed by atoms with E-state index in [-0.39, 0.29) is 0 Å². The second-order valence-corrected chi connectivity index (χ2v) is 5.00. The van der Waals surface area contributed by atoms with Crippen LogP contribution in [0.5, 0.6) is 0 Å². The first-order valence-electron chi connectivity index (χ1n) is 3.62. The van der Waals surface area contributed by atoms with E-state index >= 15 is 0 Å². The molecule has 0 saturated carbocycles.